The standard InChI is InChI=1S/C11H24N2O4S/c1-4-6-11(2,15)8-13-10(14)9(12)5-7-18(3,16)17/h9,15H,4-8,12H2,1-3H3,(H,13,14). The Labute approximate surface area is 109 Å². The van der Waals surface area contributed by atoms with Crippen molar-refractivity contribution < 1.29 is 18.3 Å². The summed E-state index contributed by atoms with van der Waals surface area (Å²) >= 11 is 0. The number of nitrogens with one attached hydrogen (secondary N) is 1. The highest BCUT2D eigenvalue weighted by Crippen LogP contribution is 2.10. The van der Waals surface area contributed by atoms with Crippen LogP contribution in [0.25, 0.3) is 0 Å². The molecule has 18 heavy (non-hydrogen) atoms. The van der Waals surface area contributed by atoms with Crippen LogP contribution in [0.2, 0.25) is 0 Å². The van der Waals surface area contributed by atoms with Crippen molar-refractivity contribution >= 4 is 15.7 Å². The van der Waals surface area contributed by atoms with Crippen molar-refractivity contribution in [3.05, 3.63) is 0 Å². The summed E-state index contributed by atoms with van der Waals surface area (Å²) in [6.07, 6.45) is 2.57. The number of sulfone groups is 1. The van der Waals surface area contributed by atoms with Gasteiger partial charge in [-0.1, -0.05) is 13.3 Å². The molecule has 108 valence electrons. The van der Waals surface area contributed by atoms with E-state index < -0.39 is 27.4 Å². The second kappa shape index (κ2) is 7.06. The van der Waals surface area contributed by atoms with Gasteiger partial charge in [0.1, 0.15) is 9.84 Å². The van der Waals surface area contributed by atoms with Crippen molar-refractivity contribution in [1.82, 2.24) is 5.32 Å². The maximum absolute atomic E-state index is 11.6. The smallest absolute Gasteiger partial charge is 0.237 e. The van der Waals surface area contributed by atoms with Gasteiger partial charge in [-0.2, -0.15) is 0 Å². The third-order valence-electron chi connectivity index (χ3n) is 2.57. The molecule has 6 nitrogen and oxygen atoms in total. The van der Waals surface area contributed by atoms with Crippen LogP contribution >= 0.6 is 0 Å². The van der Waals surface area contributed by atoms with E-state index in [-0.39, 0.29) is 18.7 Å². The second-order valence-electron chi connectivity index (χ2n) is 4.99. The molecule has 1 amide bonds. The van der Waals surface area contributed by atoms with Crippen LogP contribution in [0.15, 0.2) is 0 Å². The molecule has 0 rings (SSSR count). The van der Waals surface area contributed by atoms with E-state index in [2.05, 4.69) is 5.32 Å². The van der Waals surface area contributed by atoms with Crippen LogP contribution < -0.4 is 11.1 Å². The highest BCUT2D eigenvalue weighted by molar-refractivity contribution is 7.90. The zero-order valence-corrected chi connectivity index (χ0v) is 12.1. The number of aliphatic hydroxyl groups is 1. The molecule has 0 aromatic heterocycles. The van der Waals surface area contributed by atoms with Crippen LogP contribution in [0.5, 0.6) is 0 Å². The van der Waals surface area contributed by atoms with E-state index in [0.29, 0.717) is 6.42 Å². The summed E-state index contributed by atoms with van der Waals surface area (Å²) < 4.78 is 21.9. The van der Waals surface area contributed by atoms with Gasteiger partial charge in [0.2, 0.25) is 5.91 Å². The largest absolute Gasteiger partial charge is 0.388 e. The Morgan fingerprint density at radius 2 is 2.06 bits per heavy atom. The van der Waals surface area contributed by atoms with E-state index in [1.54, 1.807) is 6.92 Å². The van der Waals surface area contributed by atoms with Gasteiger partial charge in [0.25, 0.3) is 0 Å². The van der Waals surface area contributed by atoms with E-state index in [0.717, 1.165) is 12.7 Å². The molecule has 7 heteroatoms. The molecular weight excluding hydrogens is 256 g/mol. The van der Waals surface area contributed by atoms with E-state index in [1.165, 1.54) is 0 Å². The lowest BCUT2D eigenvalue weighted by atomic mass is 10.0. The van der Waals surface area contributed by atoms with E-state index >= 15 is 0 Å². The first-order valence-corrected chi connectivity index (χ1v) is 8.07. The first-order valence-electron chi connectivity index (χ1n) is 6.01. The van der Waals surface area contributed by atoms with Crippen molar-refractivity contribution in [3.63, 3.8) is 0 Å². The molecule has 0 aliphatic heterocycles. The molecule has 0 aromatic rings. The fraction of sp³-hybridized carbons (Fsp3) is 0.909. The molecule has 0 aliphatic carbocycles. The first-order chi connectivity index (χ1) is 8.07. The Balaban J connectivity index is 4.09. The highest BCUT2D eigenvalue weighted by atomic mass is 32.2. The van der Waals surface area contributed by atoms with Crippen LogP contribution in [0.4, 0.5) is 0 Å². The van der Waals surface area contributed by atoms with Crippen LogP contribution in [0, 0.1) is 0 Å². The molecule has 0 bridgehead atoms. The zero-order valence-electron chi connectivity index (χ0n) is 11.3. The third kappa shape index (κ3) is 8.43. The fourth-order valence-corrected chi connectivity index (χ4v) is 2.19. The fourth-order valence-electron chi connectivity index (χ4n) is 1.51. The summed E-state index contributed by atoms with van der Waals surface area (Å²) in [5, 5.41) is 12.4. The predicted molar refractivity (Wildman–Crippen MR) is 70.8 cm³/mol. The Morgan fingerprint density at radius 3 is 2.50 bits per heavy atom. The maximum atomic E-state index is 11.6. The second-order valence-corrected chi connectivity index (χ2v) is 7.25. The van der Waals surface area contributed by atoms with E-state index in [4.69, 9.17) is 5.73 Å². The average Bonchev–Trinajstić information content (AvgIpc) is 2.21. The van der Waals surface area contributed by atoms with Crippen molar-refractivity contribution in [3.8, 4) is 0 Å². The average molecular weight is 280 g/mol. The molecule has 2 unspecified atom stereocenters. The lowest BCUT2D eigenvalue weighted by Gasteiger charge is -2.23. The number of carbonyl (C=O) groups is 1. The van der Waals surface area contributed by atoms with E-state index in [1.807, 2.05) is 6.92 Å². The van der Waals surface area contributed by atoms with Gasteiger partial charge in [0.05, 0.1) is 17.4 Å². The molecule has 4 N–H and O–H groups in total. The van der Waals surface area contributed by atoms with Gasteiger partial charge in [0.15, 0.2) is 0 Å². The Bertz CT molecular complexity index is 365. The summed E-state index contributed by atoms with van der Waals surface area (Å²) in [5.41, 5.74) is 4.61. The highest BCUT2D eigenvalue weighted by Gasteiger charge is 2.22. The number of amides is 1. The van der Waals surface area contributed by atoms with Gasteiger partial charge in [-0.05, 0) is 19.8 Å². The number of rotatable bonds is 8. The SMILES string of the molecule is CCCC(C)(O)CNC(=O)C(N)CCS(C)(=O)=O. The van der Waals surface area contributed by atoms with Gasteiger partial charge < -0.3 is 16.2 Å². The summed E-state index contributed by atoms with van der Waals surface area (Å²) in [6, 6.07) is -0.864. The molecule has 0 heterocycles. The van der Waals surface area contributed by atoms with Crippen LogP contribution in [0.3, 0.4) is 0 Å². The lowest BCUT2D eigenvalue weighted by Crippen LogP contribution is -2.47. The minimum absolute atomic E-state index is 0.0839. The monoisotopic (exact) mass is 280 g/mol. The number of hydrogen-bond donors (Lipinski definition) is 3. The normalized spacial score (nSPS) is 16.9. The molecule has 0 radical (unpaired) electrons. The Hall–Kier alpha value is -0.660. The molecule has 0 fully saturated rings. The number of nitrogens with two attached hydrogens (primary N) is 1. The number of carbonyl (C=O) groups excluding carboxylic acids is 1. The molecule has 0 saturated heterocycles. The molecule has 2 atom stereocenters. The maximum Gasteiger partial charge on any atom is 0.237 e. The van der Waals surface area contributed by atoms with Gasteiger partial charge in [0, 0.05) is 12.8 Å². The zero-order chi connectivity index (χ0) is 14.4. The van der Waals surface area contributed by atoms with Gasteiger partial charge in [-0.15, -0.1) is 0 Å². The molecular formula is C11H24N2O4S. The van der Waals surface area contributed by atoms with Crippen LogP contribution in [-0.4, -0.2) is 49.6 Å². The van der Waals surface area contributed by atoms with Gasteiger partial charge in [-0.3, -0.25) is 4.79 Å². The van der Waals surface area contributed by atoms with Crippen molar-refractivity contribution in [2.75, 3.05) is 18.6 Å². The summed E-state index contributed by atoms with van der Waals surface area (Å²) in [4.78, 5) is 11.6. The van der Waals surface area contributed by atoms with E-state index in [9.17, 15) is 18.3 Å². The molecule has 0 aliphatic rings. The number of hydrogen-bond acceptors (Lipinski definition) is 5. The van der Waals surface area contributed by atoms with Crippen LogP contribution in [-0.2, 0) is 14.6 Å². The molecule has 0 aromatic carbocycles. The Morgan fingerprint density at radius 1 is 1.50 bits per heavy atom. The first kappa shape index (κ1) is 17.3. The Kier molecular flexibility index (Phi) is 6.80. The van der Waals surface area contributed by atoms with Gasteiger partial charge in [-0.25, -0.2) is 8.42 Å². The topological polar surface area (TPSA) is 109 Å². The van der Waals surface area contributed by atoms with Crippen LogP contribution in [0.1, 0.15) is 33.1 Å². The molecule has 0 spiro atoms. The van der Waals surface area contributed by atoms with Crippen molar-refractivity contribution in [1.29, 1.82) is 0 Å². The minimum Gasteiger partial charge on any atom is -0.388 e. The third-order valence-corrected chi connectivity index (χ3v) is 3.55. The van der Waals surface area contributed by atoms with Crippen molar-refractivity contribution in [2.24, 2.45) is 5.73 Å². The summed E-state index contributed by atoms with van der Waals surface area (Å²) in [7, 11) is -3.11. The van der Waals surface area contributed by atoms with Gasteiger partial charge >= 0.3 is 0 Å². The quantitative estimate of drug-likeness (QED) is 0.551. The predicted octanol–water partition coefficient (Wildman–Crippen LogP) is -0.584. The lowest BCUT2D eigenvalue weighted by molar-refractivity contribution is -0.123. The minimum atomic E-state index is -3.11. The summed E-state index contributed by atoms with van der Waals surface area (Å²) in [6.45, 7) is 3.69. The molecule has 0 saturated carbocycles. The van der Waals surface area contributed by atoms with Crippen molar-refractivity contribution in [2.45, 2.75) is 44.8 Å². The summed E-state index contributed by atoms with van der Waals surface area (Å²) in [5.74, 6) is -0.553.